The number of aliphatic hydroxyl groups excluding tert-OH is 1. The number of Topliss-reactive ketones (excluding diaryl/α,β-unsaturated/α-hetero) is 1. The quantitative estimate of drug-likeness (QED) is 0.586. The number of hydrogen-bond acceptors (Lipinski definition) is 5. The van der Waals surface area contributed by atoms with E-state index in [9.17, 15) is 27.9 Å². The van der Waals surface area contributed by atoms with Crippen molar-refractivity contribution in [2.45, 2.75) is 45.0 Å². The van der Waals surface area contributed by atoms with Gasteiger partial charge in [0.1, 0.15) is 19.0 Å². The predicted molar refractivity (Wildman–Crippen MR) is 108 cm³/mol. The molecule has 0 saturated heterocycles. The van der Waals surface area contributed by atoms with Crippen LogP contribution in [0.5, 0.6) is 0 Å². The zero-order valence-electron chi connectivity index (χ0n) is 16.6. The van der Waals surface area contributed by atoms with Crippen molar-refractivity contribution in [3.63, 3.8) is 0 Å². The lowest BCUT2D eigenvalue weighted by Crippen LogP contribution is -2.29. The molecule has 6 nitrogen and oxygen atoms in total. The molecule has 0 spiro atoms. The molecule has 0 radical (unpaired) electrons. The number of carbonyl (C=O) groups is 1. The molecule has 0 bridgehead atoms. The summed E-state index contributed by atoms with van der Waals surface area (Å²) in [5.41, 5.74) is 0.0155. The molecule has 0 unspecified atom stereocenters. The molecule has 1 heterocycles. The van der Waals surface area contributed by atoms with Gasteiger partial charge in [-0.3, -0.25) is 14.2 Å². The number of ether oxygens (including phenoxy) is 1. The molecular weight excluding hydrogens is 437 g/mol. The first-order chi connectivity index (χ1) is 14.6. The maximum atomic E-state index is 12.7. The molecular formula is C21H22ClF3N2O4. The van der Waals surface area contributed by atoms with E-state index in [1.54, 1.807) is 24.3 Å². The molecule has 1 aromatic carbocycles. The highest BCUT2D eigenvalue weighted by molar-refractivity contribution is 6.30. The van der Waals surface area contributed by atoms with Gasteiger partial charge in [-0.15, -0.1) is 0 Å². The molecule has 10 heteroatoms. The van der Waals surface area contributed by atoms with E-state index in [0.717, 1.165) is 17.4 Å². The minimum absolute atomic E-state index is 0.00804. The van der Waals surface area contributed by atoms with E-state index in [0.29, 0.717) is 17.0 Å². The summed E-state index contributed by atoms with van der Waals surface area (Å²) in [6, 6.07) is 7.68. The summed E-state index contributed by atoms with van der Waals surface area (Å²) in [4.78, 5) is 29.4. The Kier molecular flexibility index (Phi) is 7.18. The van der Waals surface area contributed by atoms with Gasteiger partial charge in [0.15, 0.2) is 5.78 Å². The third kappa shape index (κ3) is 6.62. The number of rotatable bonds is 10. The average molecular weight is 459 g/mol. The number of nitrogens with zero attached hydrogens (tertiary/aromatic N) is 2. The smallest absolute Gasteiger partial charge is 0.396 e. The molecule has 0 aliphatic heterocycles. The summed E-state index contributed by atoms with van der Waals surface area (Å²) < 4.78 is 43.2. The second kappa shape index (κ2) is 9.50. The Hall–Kier alpha value is -2.23. The fraction of sp³-hybridized carbons (Fsp3) is 0.476. The number of alkyl halides is 3. The summed E-state index contributed by atoms with van der Waals surface area (Å²) in [7, 11) is 0. The predicted octanol–water partition coefficient (Wildman–Crippen LogP) is 3.76. The monoisotopic (exact) mass is 458 g/mol. The van der Waals surface area contributed by atoms with E-state index < -0.39 is 24.9 Å². The lowest BCUT2D eigenvalue weighted by molar-refractivity contribution is -0.177. The first-order valence-electron chi connectivity index (χ1n) is 9.75. The van der Waals surface area contributed by atoms with Crippen LogP contribution in [0.25, 0.3) is 11.3 Å². The second-order valence-electron chi connectivity index (χ2n) is 7.79. The minimum atomic E-state index is -4.53. The van der Waals surface area contributed by atoms with Crippen LogP contribution in [-0.2, 0) is 22.7 Å². The number of halogens is 4. The van der Waals surface area contributed by atoms with Gasteiger partial charge in [0.05, 0.1) is 12.2 Å². The summed E-state index contributed by atoms with van der Waals surface area (Å²) in [6.45, 7) is -2.39. The third-order valence-corrected chi connectivity index (χ3v) is 5.54. The van der Waals surface area contributed by atoms with Gasteiger partial charge < -0.3 is 9.84 Å². The van der Waals surface area contributed by atoms with Crippen LogP contribution >= 0.6 is 11.6 Å². The molecule has 3 rings (SSSR count). The largest absolute Gasteiger partial charge is 0.411 e. The van der Waals surface area contributed by atoms with Crippen LogP contribution in [0.2, 0.25) is 5.02 Å². The van der Waals surface area contributed by atoms with E-state index in [2.05, 4.69) is 4.98 Å². The van der Waals surface area contributed by atoms with E-state index in [1.165, 1.54) is 6.07 Å². The van der Waals surface area contributed by atoms with Crippen LogP contribution in [-0.4, -0.2) is 39.8 Å². The molecule has 31 heavy (non-hydrogen) atoms. The number of aromatic nitrogens is 2. The maximum Gasteiger partial charge on any atom is 0.411 e. The Balaban J connectivity index is 1.82. The maximum absolute atomic E-state index is 12.7. The van der Waals surface area contributed by atoms with E-state index in [4.69, 9.17) is 16.3 Å². The number of carbonyl (C=O) groups excluding carboxylic acids is 1. The number of hydrogen-bond donors (Lipinski definition) is 1. The van der Waals surface area contributed by atoms with Gasteiger partial charge in [0, 0.05) is 29.7 Å². The van der Waals surface area contributed by atoms with Crippen LogP contribution in [0.4, 0.5) is 13.2 Å². The Labute approximate surface area is 181 Å². The minimum Gasteiger partial charge on any atom is -0.396 e. The molecule has 1 saturated carbocycles. The third-order valence-electron chi connectivity index (χ3n) is 5.29. The zero-order valence-corrected chi connectivity index (χ0v) is 17.4. The highest BCUT2D eigenvalue weighted by Gasteiger charge is 2.41. The van der Waals surface area contributed by atoms with Gasteiger partial charge in [0.25, 0.3) is 5.56 Å². The van der Waals surface area contributed by atoms with Crippen molar-refractivity contribution in [2.24, 2.45) is 5.41 Å². The van der Waals surface area contributed by atoms with E-state index in [-0.39, 0.29) is 42.3 Å². The average Bonchev–Trinajstić information content (AvgIpc) is 3.49. The number of aliphatic hydroxyl groups is 1. The van der Waals surface area contributed by atoms with Gasteiger partial charge in [-0.25, -0.2) is 4.98 Å². The van der Waals surface area contributed by atoms with Crippen molar-refractivity contribution in [2.75, 3.05) is 13.2 Å². The van der Waals surface area contributed by atoms with Gasteiger partial charge in [-0.1, -0.05) is 23.7 Å². The van der Waals surface area contributed by atoms with Gasteiger partial charge in [-0.05, 0) is 36.8 Å². The van der Waals surface area contributed by atoms with Crippen LogP contribution < -0.4 is 5.56 Å². The highest BCUT2D eigenvalue weighted by Crippen LogP contribution is 2.49. The first-order valence-corrected chi connectivity index (χ1v) is 10.1. The van der Waals surface area contributed by atoms with Gasteiger partial charge >= 0.3 is 6.18 Å². The van der Waals surface area contributed by atoms with Crippen molar-refractivity contribution in [1.29, 1.82) is 0 Å². The molecule has 1 aliphatic carbocycles. The standard InChI is InChI=1S/C21H22ClF3N2O4/c22-15-3-1-14(2-4-15)17-9-19(30)27(18(26-17)11-31-13-21(23,24)25)10-16(29)5-6-20(12-28)7-8-20/h1-4,9,28H,5-8,10-13H2. The topological polar surface area (TPSA) is 81.4 Å². The van der Waals surface area contributed by atoms with Crippen LogP contribution in [0, 0.1) is 5.41 Å². The van der Waals surface area contributed by atoms with Crippen molar-refractivity contribution in [3.8, 4) is 11.3 Å². The van der Waals surface area contributed by atoms with Crippen molar-refractivity contribution >= 4 is 17.4 Å². The molecule has 0 atom stereocenters. The lowest BCUT2D eigenvalue weighted by Gasteiger charge is -2.15. The molecule has 0 amide bonds. The Morgan fingerprint density at radius 1 is 1.26 bits per heavy atom. The summed E-state index contributed by atoms with van der Waals surface area (Å²) in [6.07, 6.45) is -2.16. The Morgan fingerprint density at radius 3 is 2.52 bits per heavy atom. The second-order valence-corrected chi connectivity index (χ2v) is 8.23. The zero-order chi connectivity index (χ0) is 22.6. The lowest BCUT2D eigenvalue weighted by atomic mass is 10.00. The molecule has 1 aliphatic rings. The Morgan fingerprint density at radius 2 is 1.94 bits per heavy atom. The van der Waals surface area contributed by atoms with Crippen molar-refractivity contribution in [3.05, 3.63) is 51.5 Å². The fourth-order valence-electron chi connectivity index (χ4n) is 3.18. The molecule has 1 N–H and O–H groups in total. The highest BCUT2D eigenvalue weighted by atomic mass is 35.5. The Bertz CT molecular complexity index is 986. The van der Waals surface area contributed by atoms with Crippen LogP contribution in [0.3, 0.4) is 0 Å². The summed E-state index contributed by atoms with van der Waals surface area (Å²) >= 11 is 5.87. The van der Waals surface area contributed by atoms with E-state index in [1.807, 2.05) is 0 Å². The van der Waals surface area contributed by atoms with Crippen molar-refractivity contribution in [1.82, 2.24) is 9.55 Å². The SMILES string of the molecule is O=C(CCC1(CO)CC1)Cn1c(COCC(F)(F)F)nc(-c2ccc(Cl)cc2)cc1=O. The molecule has 1 fully saturated rings. The molecule has 1 aromatic heterocycles. The van der Waals surface area contributed by atoms with Crippen molar-refractivity contribution < 1.29 is 27.8 Å². The van der Waals surface area contributed by atoms with Crippen LogP contribution in [0.15, 0.2) is 35.1 Å². The van der Waals surface area contributed by atoms with Crippen LogP contribution in [0.1, 0.15) is 31.5 Å². The summed E-state index contributed by atoms with van der Waals surface area (Å²) in [5, 5.41) is 9.85. The van der Waals surface area contributed by atoms with Gasteiger partial charge in [-0.2, -0.15) is 13.2 Å². The molecule has 168 valence electrons. The molecule has 2 aromatic rings. The number of benzene rings is 1. The fourth-order valence-corrected chi connectivity index (χ4v) is 3.31. The summed E-state index contributed by atoms with van der Waals surface area (Å²) in [5.74, 6) is -0.335. The normalized spacial score (nSPS) is 15.1. The first kappa shape index (κ1) is 23.4. The van der Waals surface area contributed by atoms with E-state index >= 15 is 0 Å². The number of ketones is 1. The van der Waals surface area contributed by atoms with Gasteiger partial charge in [0.2, 0.25) is 0 Å².